The molecule has 0 atom stereocenters. The van der Waals surface area contributed by atoms with Crippen LogP contribution in [0.15, 0.2) is 176 Å². The van der Waals surface area contributed by atoms with Crippen molar-refractivity contribution in [1.29, 1.82) is 0 Å². The van der Waals surface area contributed by atoms with Crippen LogP contribution in [0.4, 0.5) is 51.2 Å². The Hall–Kier alpha value is -6.91. The second-order valence-corrected chi connectivity index (χ2v) is 15.5. The third-order valence-corrected chi connectivity index (χ3v) is 12.1. The number of para-hydroxylation sites is 5. The molecule has 262 valence electrons. The summed E-state index contributed by atoms with van der Waals surface area (Å²) < 4.78 is 7.16. The van der Waals surface area contributed by atoms with E-state index in [4.69, 9.17) is 4.74 Å². The van der Waals surface area contributed by atoms with Crippen molar-refractivity contribution in [2.75, 3.05) is 14.7 Å². The number of hydrogen-bond acceptors (Lipinski definition) is 4. The Morgan fingerprint density at radius 2 is 0.768 bits per heavy atom. The fraction of sp³-hybridized carbons (Fsp3) is 0.0400. The van der Waals surface area contributed by atoms with Gasteiger partial charge in [0.05, 0.1) is 0 Å². The van der Waals surface area contributed by atoms with Crippen LogP contribution in [-0.2, 0) is 0 Å². The standard InChI is InChI=1S/C50H35B2N3O/c1-32-26-44-49-45(27-32)55(36-20-10-5-11-21-36)43-31-47-40(30-39(43)51(49)37-22-12-14-24-41(37)53(44)34-16-6-3-7-17-34)52-38-23-13-15-25-42(38)54(35-18-8-4-9-19-35)46-28-33(2)29-48(56-47)50(46)52/h3-31H,1-2H3. The van der Waals surface area contributed by atoms with Crippen LogP contribution in [0.3, 0.4) is 0 Å². The van der Waals surface area contributed by atoms with Crippen LogP contribution in [-0.4, -0.2) is 13.4 Å². The SMILES string of the molecule is Cc1cc2c3c(c1)N(c1ccccc1)c1ccccc1B3c1cc3c(cc1O2)N(c1ccccc1)c1cc(C)cc2c1B3c1ccccc1N2c1ccccc1. The fourth-order valence-electron chi connectivity index (χ4n) is 9.97. The van der Waals surface area contributed by atoms with Gasteiger partial charge in [-0.3, -0.25) is 0 Å². The average molecular weight is 715 g/mol. The lowest BCUT2D eigenvalue weighted by Gasteiger charge is -2.45. The van der Waals surface area contributed by atoms with Crippen molar-refractivity contribution >= 4 is 97.4 Å². The first-order chi connectivity index (χ1) is 27.6. The van der Waals surface area contributed by atoms with Crippen molar-refractivity contribution in [3.8, 4) is 11.5 Å². The van der Waals surface area contributed by atoms with Crippen molar-refractivity contribution < 1.29 is 4.74 Å². The van der Waals surface area contributed by atoms with Crippen LogP contribution in [0.2, 0.25) is 0 Å². The highest BCUT2D eigenvalue weighted by molar-refractivity contribution is 7.02. The predicted octanol–water partition coefficient (Wildman–Crippen LogP) is 8.79. The molecule has 0 unspecified atom stereocenters. The molecule has 4 aliphatic rings. The molecule has 0 radical (unpaired) electrons. The van der Waals surface area contributed by atoms with Gasteiger partial charge in [0, 0.05) is 57.3 Å². The van der Waals surface area contributed by atoms with Gasteiger partial charge < -0.3 is 19.4 Å². The number of fused-ring (bicyclic) bond motifs is 8. The number of rotatable bonds is 3. The molecule has 8 aromatic carbocycles. The third kappa shape index (κ3) is 4.38. The van der Waals surface area contributed by atoms with Gasteiger partial charge in [0.15, 0.2) is 0 Å². The summed E-state index contributed by atoms with van der Waals surface area (Å²) in [6, 6.07) is 64.5. The van der Waals surface area contributed by atoms with E-state index in [0.717, 1.165) is 34.2 Å². The van der Waals surface area contributed by atoms with Crippen molar-refractivity contribution in [3.63, 3.8) is 0 Å². The van der Waals surface area contributed by atoms with Crippen LogP contribution in [0.25, 0.3) is 0 Å². The Balaban J connectivity index is 1.16. The molecule has 6 heteroatoms. The van der Waals surface area contributed by atoms with Gasteiger partial charge in [0.2, 0.25) is 0 Å². The van der Waals surface area contributed by atoms with Gasteiger partial charge in [-0.2, -0.15) is 0 Å². The van der Waals surface area contributed by atoms with Gasteiger partial charge in [-0.1, -0.05) is 97.1 Å². The Morgan fingerprint density at radius 1 is 0.339 bits per heavy atom. The maximum Gasteiger partial charge on any atom is 0.256 e. The molecule has 8 aromatic rings. The zero-order chi connectivity index (χ0) is 37.1. The minimum absolute atomic E-state index is 0.00507. The lowest BCUT2D eigenvalue weighted by atomic mass is 9.30. The molecule has 4 heterocycles. The van der Waals surface area contributed by atoms with E-state index < -0.39 is 0 Å². The fourth-order valence-corrected chi connectivity index (χ4v) is 9.97. The van der Waals surface area contributed by atoms with E-state index in [9.17, 15) is 0 Å². The quantitative estimate of drug-likeness (QED) is 0.170. The number of hydrogen-bond donors (Lipinski definition) is 0. The van der Waals surface area contributed by atoms with Gasteiger partial charge in [0.1, 0.15) is 11.5 Å². The zero-order valence-electron chi connectivity index (χ0n) is 31.1. The number of ether oxygens (including phenoxy) is 1. The lowest BCUT2D eigenvalue weighted by molar-refractivity contribution is 0.487. The van der Waals surface area contributed by atoms with Gasteiger partial charge >= 0.3 is 0 Å². The van der Waals surface area contributed by atoms with E-state index in [2.05, 4.69) is 204 Å². The number of aryl methyl sites for hydroxylation is 2. The van der Waals surface area contributed by atoms with Gasteiger partial charge in [-0.25, -0.2) is 0 Å². The van der Waals surface area contributed by atoms with E-state index in [0.29, 0.717) is 0 Å². The Kier molecular flexibility index (Phi) is 6.62. The number of anilines is 9. The molecule has 0 bridgehead atoms. The molecule has 0 amide bonds. The number of benzene rings is 8. The summed E-state index contributed by atoms with van der Waals surface area (Å²) in [6.07, 6.45) is 0. The third-order valence-electron chi connectivity index (χ3n) is 12.1. The normalized spacial score (nSPS) is 13.9. The minimum atomic E-state index is -0.00507. The molecular formula is C50H35B2N3O. The van der Waals surface area contributed by atoms with Crippen LogP contribution < -0.4 is 52.2 Å². The van der Waals surface area contributed by atoms with Crippen molar-refractivity contribution in [2.45, 2.75) is 13.8 Å². The summed E-state index contributed by atoms with van der Waals surface area (Å²) in [5, 5.41) is 0. The van der Waals surface area contributed by atoms with E-state index in [-0.39, 0.29) is 13.4 Å². The molecule has 0 fully saturated rings. The van der Waals surface area contributed by atoms with E-state index in [1.165, 1.54) is 72.3 Å². The van der Waals surface area contributed by atoms with Crippen LogP contribution >= 0.6 is 0 Å². The molecule has 0 aliphatic carbocycles. The second-order valence-electron chi connectivity index (χ2n) is 15.5. The topological polar surface area (TPSA) is 19.0 Å². The maximum absolute atomic E-state index is 7.16. The van der Waals surface area contributed by atoms with Gasteiger partial charge in [-0.15, -0.1) is 0 Å². The van der Waals surface area contributed by atoms with Crippen molar-refractivity contribution in [2.24, 2.45) is 0 Å². The summed E-state index contributed by atoms with van der Waals surface area (Å²) >= 11 is 0. The molecule has 56 heavy (non-hydrogen) atoms. The Bertz CT molecular complexity index is 2900. The summed E-state index contributed by atoms with van der Waals surface area (Å²) in [5.74, 6) is 1.84. The van der Waals surface area contributed by atoms with Crippen molar-refractivity contribution in [1.82, 2.24) is 0 Å². The smallest absolute Gasteiger partial charge is 0.256 e. The molecule has 4 nitrogen and oxygen atoms in total. The monoisotopic (exact) mass is 715 g/mol. The predicted molar refractivity (Wildman–Crippen MR) is 236 cm³/mol. The lowest BCUT2D eigenvalue weighted by Crippen LogP contribution is -2.64. The minimum Gasteiger partial charge on any atom is -0.458 e. The summed E-state index contributed by atoms with van der Waals surface area (Å²) in [7, 11) is 0. The molecule has 4 aliphatic heterocycles. The molecule has 0 saturated carbocycles. The van der Waals surface area contributed by atoms with Gasteiger partial charge in [-0.05, 0) is 131 Å². The molecule has 0 saturated heterocycles. The van der Waals surface area contributed by atoms with E-state index in [1.807, 2.05) is 0 Å². The highest BCUT2D eigenvalue weighted by Gasteiger charge is 2.47. The van der Waals surface area contributed by atoms with Crippen LogP contribution in [0.5, 0.6) is 11.5 Å². The second kappa shape index (κ2) is 11.8. The maximum atomic E-state index is 7.16. The van der Waals surface area contributed by atoms with Crippen LogP contribution in [0.1, 0.15) is 11.1 Å². The Labute approximate surface area is 328 Å². The van der Waals surface area contributed by atoms with Crippen LogP contribution in [0, 0.1) is 13.8 Å². The molecule has 12 rings (SSSR count). The van der Waals surface area contributed by atoms with Crippen molar-refractivity contribution in [3.05, 3.63) is 187 Å². The first-order valence-electron chi connectivity index (χ1n) is 19.5. The summed E-state index contributed by atoms with van der Waals surface area (Å²) in [5.41, 5.74) is 20.6. The first-order valence-corrected chi connectivity index (χ1v) is 19.5. The average Bonchev–Trinajstić information content (AvgIpc) is 3.23. The largest absolute Gasteiger partial charge is 0.458 e. The molecular weight excluding hydrogens is 680 g/mol. The first kappa shape index (κ1) is 31.4. The Morgan fingerprint density at radius 3 is 1.30 bits per heavy atom. The summed E-state index contributed by atoms with van der Waals surface area (Å²) in [4.78, 5) is 7.36. The highest BCUT2D eigenvalue weighted by atomic mass is 16.5. The van der Waals surface area contributed by atoms with E-state index >= 15 is 0 Å². The van der Waals surface area contributed by atoms with E-state index in [1.54, 1.807) is 0 Å². The number of nitrogens with zero attached hydrogens (tertiary/aromatic N) is 3. The zero-order valence-corrected chi connectivity index (χ0v) is 31.1. The van der Waals surface area contributed by atoms with Gasteiger partial charge in [0.25, 0.3) is 13.4 Å². The summed E-state index contributed by atoms with van der Waals surface area (Å²) in [6.45, 7) is 4.40. The molecule has 0 N–H and O–H groups in total. The highest BCUT2D eigenvalue weighted by Crippen LogP contribution is 2.47. The molecule has 0 spiro atoms. The molecule has 0 aromatic heterocycles.